The second-order valence-electron chi connectivity index (χ2n) is 10.9. The molecule has 0 saturated carbocycles. The third-order valence-electron chi connectivity index (χ3n) is 7.12. The topological polar surface area (TPSA) is 118 Å². The molecule has 4 atom stereocenters. The quantitative estimate of drug-likeness (QED) is 0.514. The van der Waals surface area contributed by atoms with Gasteiger partial charge in [0.1, 0.15) is 5.60 Å². The maximum absolute atomic E-state index is 12.9. The van der Waals surface area contributed by atoms with Crippen LogP contribution in [0.15, 0.2) is 0 Å². The molecule has 10 heteroatoms. The summed E-state index contributed by atoms with van der Waals surface area (Å²) in [6.07, 6.45) is 2.03. The van der Waals surface area contributed by atoms with Crippen molar-refractivity contribution in [2.75, 3.05) is 53.1 Å². The second kappa shape index (κ2) is 11.1. The minimum absolute atomic E-state index is 0.279. The van der Waals surface area contributed by atoms with Gasteiger partial charge in [0, 0.05) is 32.6 Å². The lowest BCUT2D eigenvalue weighted by Crippen LogP contribution is -2.60. The van der Waals surface area contributed by atoms with Crippen LogP contribution in [0.3, 0.4) is 0 Å². The van der Waals surface area contributed by atoms with Gasteiger partial charge in [0.2, 0.25) is 0 Å². The summed E-state index contributed by atoms with van der Waals surface area (Å²) in [5.41, 5.74) is -1.97. The largest absolute Gasteiger partial charge is 0.467 e. The van der Waals surface area contributed by atoms with Crippen LogP contribution in [0.5, 0.6) is 0 Å². The van der Waals surface area contributed by atoms with Gasteiger partial charge in [-0.15, -0.1) is 0 Å². The molecule has 196 valence electrons. The van der Waals surface area contributed by atoms with E-state index >= 15 is 0 Å². The van der Waals surface area contributed by atoms with Crippen molar-refractivity contribution >= 4 is 12.1 Å². The highest BCUT2D eigenvalue weighted by Gasteiger charge is 2.50. The van der Waals surface area contributed by atoms with Gasteiger partial charge in [0.15, 0.2) is 5.60 Å². The van der Waals surface area contributed by atoms with Gasteiger partial charge in [0.05, 0.1) is 44.7 Å². The summed E-state index contributed by atoms with van der Waals surface area (Å²) >= 11 is 0. The molecule has 0 aromatic carbocycles. The molecule has 34 heavy (non-hydrogen) atoms. The molecule has 3 aliphatic rings. The van der Waals surface area contributed by atoms with E-state index in [1.165, 1.54) is 7.11 Å². The number of hydrogen-bond acceptors (Lipinski definition) is 9. The Kier molecular flexibility index (Phi) is 8.84. The molecule has 2 N–H and O–H groups in total. The van der Waals surface area contributed by atoms with E-state index in [0.717, 1.165) is 19.3 Å². The molecule has 10 nitrogen and oxygen atoms in total. The Morgan fingerprint density at radius 1 is 1.24 bits per heavy atom. The first-order valence-electron chi connectivity index (χ1n) is 12.4. The van der Waals surface area contributed by atoms with Gasteiger partial charge < -0.3 is 34.1 Å². The lowest BCUT2D eigenvalue weighted by Gasteiger charge is -2.46. The van der Waals surface area contributed by atoms with Crippen LogP contribution in [-0.2, 0) is 23.7 Å². The zero-order chi connectivity index (χ0) is 25.0. The summed E-state index contributed by atoms with van der Waals surface area (Å²) in [5.74, 6) is -0.403. The van der Waals surface area contributed by atoms with E-state index < -0.39 is 23.3 Å². The van der Waals surface area contributed by atoms with Gasteiger partial charge >= 0.3 is 12.1 Å². The molecule has 3 aliphatic heterocycles. The summed E-state index contributed by atoms with van der Waals surface area (Å²) in [7, 11) is 1.37. The fraction of sp³-hybridized carbons (Fsp3) is 0.917. The van der Waals surface area contributed by atoms with Gasteiger partial charge in [0.25, 0.3) is 0 Å². The van der Waals surface area contributed by atoms with E-state index in [-0.39, 0.29) is 30.8 Å². The SMILES string of the molecule is COC(=O)[C@@]1(CCN2CCOC[C@@]23CCN(C(=O)OC(C)(C)C)C3)CCC[C@H](C[C@H](O)CO)O1. The standard InChI is InChI=1S/C24H42N2O8/c1-22(2,3)34-21(30)25-10-8-23(16-25)17-32-13-12-26(23)11-9-24(20(29)31-4)7-5-6-19(33-24)14-18(28)15-27/h18-19,27-28H,5-17H2,1-4H3/t18-,19+,23-,24-/m0/s1. The van der Waals surface area contributed by atoms with Crippen LogP contribution in [-0.4, -0.2) is 114 Å². The van der Waals surface area contributed by atoms with Crippen molar-refractivity contribution in [3.05, 3.63) is 0 Å². The number of ether oxygens (including phenoxy) is 4. The minimum atomic E-state index is -1.09. The molecule has 3 rings (SSSR count). The smallest absolute Gasteiger partial charge is 0.410 e. The molecule has 0 aromatic heterocycles. The van der Waals surface area contributed by atoms with Crippen molar-refractivity contribution in [1.29, 1.82) is 0 Å². The molecular weight excluding hydrogens is 444 g/mol. The Bertz CT molecular complexity index is 714. The van der Waals surface area contributed by atoms with E-state index in [9.17, 15) is 19.8 Å². The van der Waals surface area contributed by atoms with Crippen LogP contribution in [0.25, 0.3) is 0 Å². The monoisotopic (exact) mass is 486 g/mol. The van der Waals surface area contributed by atoms with Gasteiger partial charge in [-0.05, 0) is 52.9 Å². The number of aliphatic hydroxyl groups excluding tert-OH is 2. The van der Waals surface area contributed by atoms with Crippen LogP contribution in [0.4, 0.5) is 4.79 Å². The summed E-state index contributed by atoms with van der Waals surface area (Å²) in [5, 5.41) is 19.1. The van der Waals surface area contributed by atoms with Crippen molar-refractivity contribution in [2.45, 2.75) is 88.2 Å². The fourth-order valence-corrected chi connectivity index (χ4v) is 5.36. The maximum Gasteiger partial charge on any atom is 0.410 e. The average Bonchev–Trinajstić information content (AvgIpc) is 3.21. The van der Waals surface area contributed by atoms with E-state index in [2.05, 4.69) is 4.90 Å². The summed E-state index contributed by atoms with van der Waals surface area (Å²) in [4.78, 5) is 29.6. The van der Waals surface area contributed by atoms with Gasteiger partial charge in [-0.1, -0.05) is 0 Å². The molecule has 0 aliphatic carbocycles. The Hall–Kier alpha value is -1.46. The van der Waals surface area contributed by atoms with E-state index in [4.69, 9.17) is 18.9 Å². The molecule has 1 spiro atoms. The molecule has 3 saturated heterocycles. The van der Waals surface area contributed by atoms with Crippen molar-refractivity contribution in [3.8, 4) is 0 Å². The van der Waals surface area contributed by atoms with Crippen LogP contribution < -0.4 is 0 Å². The highest BCUT2D eigenvalue weighted by Crippen LogP contribution is 2.37. The molecular formula is C24H42N2O8. The van der Waals surface area contributed by atoms with Gasteiger partial charge in [-0.25, -0.2) is 9.59 Å². The zero-order valence-corrected chi connectivity index (χ0v) is 21.1. The number of aliphatic hydroxyl groups is 2. The third-order valence-corrected chi connectivity index (χ3v) is 7.12. The predicted molar refractivity (Wildman–Crippen MR) is 123 cm³/mol. The van der Waals surface area contributed by atoms with Crippen LogP contribution in [0, 0.1) is 0 Å². The van der Waals surface area contributed by atoms with E-state index in [1.807, 2.05) is 20.8 Å². The number of carbonyl (C=O) groups is 2. The molecule has 3 fully saturated rings. The summed E-state index contributed by atoms with van der Waals surface area (Å²) in [6, 6.07) is 0. The number of esters is 1. The lowest BCUT2D eigenvalue weighted by atomic mass is 9.86. The summed E-state index contributed by atoms with van der Waals surface area (Å²) in [6.45, 7) is 8.74. The number of hydrogen-bond donors (Lipinski definition) is 2. The number of methoxy groups -OCH3 is 1. The van der Waals surface area contributed by atoms with Gasteiger partial charge in [-0.3, -0.25) is 4.90 Å². The van der Waals surface area contributed by atoms with Crippen LogP contribution in [0.1, 0.15) is 59.3 Å². The molecule has 0 unspecified atom stereocenters. The maximum atomic E-state index is 12.9. The fourth-order valence-electron chi connectivity index (χ4n) is 5.36. The first kappa shape index (κ1) is 27.1. The number of carbonyl (C=O) groups excluding carboxylic acids is 2. The molecule has 3 heterocycles. The number of amides is 1. The number of morpholine rings is 1. The first-order valence-corrected chi connectivity index (χ1v) is 12.4. The number of nitrogens with zero attached hydrogens (tertiary/aromatic N) is 2. The summed E-state index contributed by atoms with van der Waals surface area (Å²) < 4.78 is 22.8. The second-order valence-corrected chi connectivity index (χ2v) is 10.9. The highest BCUT2D eigenvalue weighted by molar-refractivity contribution is 5.79. The number of likely N-dealkylation sites (tertiary alicyclic amines) is 1. The van der Waals surface area contributed by atoms with Crippen molar-refractivity contribution in [2.24, 2.45) is 0 Å². The first-order chi connectivity index (χ1) is 16.0. The molecule has 0 radical (unpaired) electrons. The lowest BCUT2D eigenvalue weighted by molar-refractivity contribution is -0.194. The number of rotatable bonds is 7. The van der Waals surface area contributed by atoms with E-state index in [0.29, 0.717) is 52.2 Å². The Morgan fingerprint density at radius 3 is 2.68 bits per heavy atom. The van der Waals surface area contributed by atoms with Crippen LogP contribution in [0.2, 0.25) is 0 Å². The minimum Gasteiger partial charge on any atom is -0.467 e. The highest BCUT2D eigenvalue weighted by atomic mass is 16.6. The molecule has 0 aromatic rings. The Balaban J connectivity index is 1.69. The van der Waals surface area contributed by atoms with Crippen LogP contribution >= 0.6 is 0 Å². The van der Waals surface area contributed by atoms with Crippen molar-refractivity contribution in [1.82, 2.24) is 9.80 Å². The normalized spacial score (nSPS) is 31.5. The molecule has 1 amide bonds. The average molecular weight is 487 g/mol. The van der Waals surface area contributed by atoms with Crippen molar-refractivity contribution in [3.63, 3.8) is 0 Å². The van der Waals surface area contributed by atoms with Crippen molar-refractivity contribution < 1.29 is 38.7 Å². The third kappa shape index (κ3) is 6.40. The Labute approximate surface area is 202 Å². The zero-order valence-electron chi connectivity index (χ0n) is 21.1. The molecule has 0 bridgehead atoms. The predicted octanol–water partition coefficient (Wildman–Crippen LogP) is 1.31. The van der Waals surface area contributed by atoms with Gasteiger partial charge in [-0.2, -0.15) is 0 Å². The van der Waals surface area contributed by atoms with E-state index in [1.54, 1.807) is 4.90 Å². The Morgan fingerprint density at radius 2 is 2.00 bits per heavy atom.